The van der Waals surface area contributed by atoms with Gasteiger partial charge in [-0.1, -0.05) is 30.3 Å². The highest BCUT2D eigenvalue weighted by Crippen LogP contribution is 2.61. The molecule has 0 unspecified atom stereocenters. The van der Waals surface area contributed by atoms with E-state index in [0.29, 0.717) is 17.9 Å². The van der Waals surface area contributed by atoms with Gasteiger partial charge in [0.25, 0.3) is 0 Å². The predicted octanol–water partition coefficient (Wildman–Crippen LogP) is 4.34. The monoisotopic (exact) mass is 311 g/mol. The minimum Gasteiger partial charge on any atom is -0.353 e. The lowest BCUT2D eigenvalue weighted by molar-refractivity contribution is -0.125. The first-order valence-corrected chi connectivity index (χ1v) is 9.46. The van der Waals surface area contributed by atoms with Crippen LogP contribution in [0.25, 0.3) is 0 Å². The van der Waals surface area contributed by atoms with E-state index in [4.69, 9.17) is 0 Å². The van der Waals surface area contributed by atoms with Crippen LogP contribution in [0.4, 0.5) is 0 Å². The smallest absolute Gasteiger partial charge is 0.220 e. The van der Waals surface area contributed by atoms with Crippen molar-refractivity contribution in [2.75, 3.05) is 0 Å². The molecule has 4 fully saturated rings. The molecule has 4 aliphatic carbocycles. The Morgan fingerprint density at radius 2 is 1.65 bits per heavy atom. The molecule has 0 aliphatic heterocycles. The quantitative estimate of drug-likeness (QED) is 0.861. The third kappa shape index (κ3) is 3.05. The van der Waals surface area contributed by atoms with Crippen LogP contribution >= 0.6 is 0 Å². The Balaban J connectivity index is 1.34. The maximum atomic E-state index is 12.4. The summed E-state index contributed by atoms with van der Waals surface area (Å²) in [5, 5.41) is 3.37. The van der Waals surface area contributed by atoms with Gasteiger partial charge >= 0.3 is 0 Å². The van der Waals surface area contributed by atoms with E-state index in [-0.39, 0.29) is 5.91 Å². The molecule has 2 nitrogen and oxygen atoms in total. The van der Waals surface area contributed by atoms with Crippen LogP contribution in [0.3, 0.4) is 0 Å². The van der Waals surface area contributed by atoms with Crippen molar-refractivity contribution in [2.45, 2.75) is 64.3 Å². The number of hydrogen-bond donors (Lipinski definition) is 1. The molecule has 4 bridgehead atoms. The molecule has 4 saturated carbocycles. The summed E-state index contributed by atoms with van der Waals surface area (Å²) in [6.45, 7) is 2.27. The number of carbonyl (C=O) groups excluding carboxylic acids is 1. The zero-order valence-corrected chi connectivity index (χ0v) is 14.3. The standard InChI is InChI=1S/C21H29NO/c1-15(22-20(23)8-7-16-5-3-2-4-6-16)21-12-17-9-18(13-21)11-19(10-17)14-21/h2-6,15,17-19H,7-14H2,1H3,(H,22,23)/t15-,17?,18?,19?,21?/m1/s1. The molecular weight excluding hydrogens is 282 g/mol. The molecule has 1 N–H and O–H groups in total. The van der Waals surface area contributed by atoms with Crippen LogP contribution in [0.2, 0.25) is 0 Å². The van der Waals surface area contributed by atoms with Crippen LogP contribution in [-0.4, -0.2) is 11.9 Å². The number of rotatable bonds is 5. The Morgan fingerprint density at radius 1 is 1.09 bits per heavy atom. The van der Waals surface area contributed by atoms with Gasteiger partial charge in [0.15, 0.2) is 0 Å². The van der Waals surface area contributed by atoms with Crippen molar-refractivity contribution < 1.29 is 4.79 Å². The Labute approximate surface area is 140 Å². The van der Waals surface area contributed by atoms with E-state index in [1.807, 2.05) is 18.2 Å². The summed E-state index contributed by atoms with van der Waals surface area (Å²) in [7, 11) is 0. The average Bonchev–Trinajstić information content (AvgIpc) is 2.52. The van der Waals surface area contributed by atoms with Gasteiger partial charge in [0.05, 0.1) is 0 Å². The fourth-order valence-corrected chi connectivity index (χ4v) is 6.08. The van der Waals surface area contributed by atoms with Gasteiger partial charge in [0, 0.05) is 12.5 Å². The summed E-state index contributed by atoms with van der Waals surface area (Å²) in [6.07, 6.45) is 9.94. The predicted molar refractivity (Wildman–Crippen MR) is 93.0 cm³/mol. The van der Waals surface area contributed by atoms with Crippen LogP contribution in [0.1, 0.15) is 57.4 Å². The summed E-state index contributed by atoms with van der Waals surface area (Å²) >= 11 is 0. The largest absolute Gasteiger partial charge is 0.353 e. The normalized spacial score (nSPS) is 36.0. The lowest BCUT2D eigenvalue weighted by atomic mass is 9.48. The van der Waals surface area contributed by atoms with Gasteiger partial charge in [0.1, 0.15) is 0 Å². The van der Waals surface area contributed by atoms with Crippen LogP contribution in [0.5, 0.6) is 0 Å². The topological polar surface area (TPSA) is 29.1 Å². The van der Waals surface area contributed by atoms with Crippen molar-refractivity contribution >= 4 is 5.91 Å². The highest BCUT2D eigenvalue weighted by atomic mass is 16.1. The van der Waals surface area contributed by atoms with Crippen LogP contribution in [-0.2, 0) is 11.2 Å². The molecule has 5 rings (SSSR count). The maximum absolute atomic E-state index is 12.4. The first-order valence-electron chi connectivity index (χ1n) is 9.46. The molecule has 23 heavy (non-hydrogen) atoms. The lowest BCUT2D eigenvalue weighted by Gasteiger charge is -2.59. The van der Waals surface area contributed by atoms with E-state index in [9.17, 15) is 4.79 Å². The maximum Gasteiger partial charge on any atom is 0.220 e. The Bertz CT molecular complexity index is 529. The fraction of sp³-hybridized carbons (Fsp3) is 0.667. The van der Waals surface area contributed by atoms with Gasteiger partial charge in [-0.25, -0.2) is 0 Å². The highest BCUT2D eigenvalue weighted by molar-refractivity contribution is 5.76. The molecular formula is C21H29NO. The van der Waals surface area contributed by atoms with Gasteiger partial charge in [-0.3, -0.25) is 4.79 Å². The Hall–Kier alpha value is -1.31. The molecule has 1 amide bonds. The van der Waals surface area contributed by atoms with Gasteiger partial charge in [-0.05, 0) is 80.6 Å². The van der Waals surface area contributed by atoms with E-state index in [0.717, 1.165) is 24.2 Å². The second-order valence-corrected chi connectivity index (χ2v) is 8.55. The van der Waals surface area contributed by atoms with Gasteiger partial charge in [0.2, 0.25) is 5.91 Å². The Kier molecular flexibility index (Phi) is 3.95. The van der Waals surface area contributed by atoms with E-state index in [2.05, 4.69) is 24.4 Å². The third-order valence-electron chi connectivity index (χ3n) is 6.87. The van der Waals surface area contributed by atoms with Gasteiger partial charge in [-0.15, -0.1) is 0 Å². The number of nitrogens with one attached hydrogen (secondary N) is 1. The first kappa shape index (κ1) is 15.2. The molecule has 0 aromatic heterocycles. The van der Waals surface area contributed by atoms with E-state index < -0.39 is 0 Å². The fourth-order valence-electron chi connectivity index (χ4n) is 6.08. The molecule has 124 valence electrons. The third-order valence-corrected chi connectivity index (χ3v) is 6.87. The molecule has 1 atom stereocenters. The molecule has 4 aliphatic rings. The van der Waals surface area contributed by atoms with Crippen molar-refractivity contribution in [3.05, 3.63) is 35.9 Å². The summed E-state index contributed by atoms with van der Waals surface area (Å²) < 4.78 is 0. The number of hydrogen-bond acceptors (Lipinski definition) is 1. The number of carbonyl (C=O) groups is 1. The summed E-state index contributed by atoms with van der Waals surface area (Å²) in [5.41, 5.74) is 1.67. The van der Waals surface area contributed by atoms with Gasteiger partial charge < -0.3 is 5.32 Å². The highest BCUT2D eigenvalue weighted by Gasteiger charge is 2.53. The van der Waals surface area contributed by atoms with Crippen molar-refractivity contribution in [3.8, 4) is 0 Å². The van der Waals surface area contributed by atoms with E-state index in [1.165, 1.54) is 44.1 Å². The Morgan fingerprint density at radius 3 is 2.22 bits per heavy atom. The molecule has 0 radical (unpaired) electrons. The minimum atomic E-state index is 0.233. The zero-order valence-electron chi connectivity index (χ0n) is 14.3. The molecule has 1 aromatic rings. The number of benzene rings is 1. The van der Waals surface area contributed by atoms with Crippen LogP contribution < -0.4 is 5.32 Å². The van der Waals surface area contributed by atoms with Crippen molar-refractivity contribution in [3.63, 3.8) is 0 Å². The lowest BCUT2D eigenvalue weighted by Crippen LogP contribution is -2.55. The molecule has 0 saturated heterocycles. The number of amides is 1. The van der Waals surface area contributed by atoms with Crippen LogP contribution in [0.15, 0.2) is 30.3 Å². The second-order valence-electron chi connectivity index (χ2n) is 8.55. The molecule has 0 spiro atoms. The number of aryl methyl sites for hydroxylation is 1. The van der Waals surface area contributed by atoms with E-state index in [1.54, 1.807) is 0 Å². The van der Waals surface area contributed by atoms with Crippen LogP contribution in [0, 0.1) is 23.2 Å². The summed E-state index contributed by atoms with van der Waals surface area (Å²) in [6, 6.07) is 10.7. The first-order chi connectivity index (χ1) is 11.1. The summed E-state index contributed by atoms with van der Waals surface area (Å²) in [5.74, 6) is 3.08. The van der Waals surface area contributed by atoms with Crippen molar-refractivity contribution in [2.24, 2.45) is 23.2 Å². The second kappa shape index (κ2) is 5.96. The SMILES string of the molecule is C[C@@H](NC(=O)CCc1ccccc1)C12CC3CC(CC(C3)C1)C2. The van der Waals surface area contributed by atoms with Crippen molar-refractivity contribution in [1.82, 2.24) is 5.32 Å². The van der Waals surface area contributed by atoms with Gasteiger partial charge in [-0.2, -0.15) is 0 Å². The summed E-state index contributed by atoms with van der Waals surface area (Å²) in [4.78, 5) is 12.4. The zero-order chi connectivity index (χ0) is 15.9. The molecule has 2 heteroatoms. The molecule has 1 aromatic carbocycles. The molecule has 0 heterocycles. The average molecular weight is 311 g/mol. The van der Waals surface area contributed by atoms with E-state index >= 15 is 0 Å². The minimum absolute atomic E-state index is 0.233. The van der Waals surface area contributed by atoms with Crippen molar-refractivity contribution in [1.29, 1.82) is 0 Å².